The van der Waals surface area contributed by atoms with E-state index in [2.05, 4.69) is 86.8 Å². The molecule has 8 atom stereocenters. The Morgan fingerprint density at radius 2 is 1.00 bits per heavy atom. The number of hydrogen-bond donors (Lipinski definition) is 6. The van der Waals surface area contributed by atoms with Crippen molar-refractivity contribution in [1.29, 1.82) is 0 Å². The Morgan fingerprint density at radius 3 is 1.57 bits per heavy atom. The van der Waals surface area contributed by atoms with Crippen LogP contribution in [0, 0.1) is 0 Å². The van der Waals surface area contributed by atoms with E-state index in [1.54, 1.807) is 6.08 Å². The van der Waals surface area contributed by atoms with Gasteiger partial charge in [0, 0.05) is 6.42 Å². The first-order valence-corrected chi connectivity index (χ1v) is 30.2. The van der Waals surface area contributed by atoms with Crippen LogP contribution in [0.3, 0.4) is 0 Å². The Balaban J connectivity index is 2.73. The van der Waals surface area contributed by atoms with E-state index < -0.39 is 67.4 Å². The molecule has 11 heteroatoms. The van der Waals surface area contributed by atoms with Gasteiger partial charge in [-0.25, -0.2) is 0 Å². The summed E-state index contributed by atoms with van der Waals surface area (Å²) in [6.07, 6.45) is 59.8. The van der Waals surface area contributed by atoms with E-state index in [4.69, 9.17) is 14.2 Å². The SMILES string of the molecule is CC/C=C/C=C/C=C/C=C\CCCCCCCC(=O)OC1C(OCC(NC(=O)C(O)CCCCCC/C=C\C/C=C\C/C=C\C/C=C\CCCCC)C(O)/C=C/CCCCCCCCCCCC)OC(CO)C(O)C1O. The van der Waals surface area contributed by atoms with Crippen LogP contribution in [-0.4, -0.2) is 99.6 Å². The van der Waals surface area contributed by atoms with Crippen molar-refractivity contribution in [2.75, 3.05) is 13.2 Å². The fourth-order valence-corrected chi connectivity index (χ4v) is 8.70. The molecule has 0 aliphatic carbocycles. The molecule has 76 heavy (non-hydrogen) atoms. The number of aliphatic hydroxyl groups is 5. The van der Waals surface area contributed by atoms with Gasteiger partial charge in [0.05, 0.1) is 25.4 Å². The quantitative estimate of drug-likeness (QED) is 0.0149. The van der Waals surface area contributed by atoms with Crippen LogP contribution in [0.1, 0.15) is 226 Å². The summed E-state index contributed by atoms with van der Waals surface area (Å²) >= 11 is 0. The van der Waals surface area contributed by atoms with E-state index in [1.807, 2.05) is 42.5 Å². The van der Waals surface area contributed by atoms with Gasteiger partial charge in [-0.3, -0.25) is 9.59 Å². The summed E-state index contributed by atoms with van der Waals surface area (Å²) in [7, 11) is 0. The molecule has 0 saturated carbocycles. The molecule has 1 aliphatic heterocycles. The average molecular weight is 1060 g/mol. The van der Waals surface area contributed by atoms with Crippen LogP contribution in [0.2, 0.25) is 0 Å². The lowest BCUT2D eigenvalue weighted by atomic mass is 9.99. The number of allylic oxidation sites excluding steroid dienone is 17. The Morgan fingerprint density at radius 1 is 0.539 bits per heavy atom. The second kappa shape index (κ2) is 52.0. The largest absolute Gasteiger partial charge is 0.454 e. The minimum absolute atomic E-state index is 0.0889. The third-order valence-corrected chi connectivity index (χ3v) is 13.5. The number of carbonyl (C=O) groups is 2. The molecule has 0 aromatic carbocycles. The Labute approximate surface area is 462 Å². The monoisotopic (exact) mass is 1060 g/mol. The summed E-state index contributed by atoms with van der Waals surface area (Å²) in [4.78, 5) is 26.5. The number of amides is 1. The summed E-state index contributed by atoms with van der Waals surface area (Å²) in [5, 5.41) is 56.9. The van der Waals surface area contributed by atoms with Crippen molar-refractivity contribution in [3.05, 3.63) is 109 Å². The van der Waals surface area contributed by atoms with Gasteiger partial charge in [-0.1, -0.05) is 239 Å². The van der Waals surface area contributed by atoms with Gasteiger partial charge in [-0.15, -0.1) is 0 Å². The molecule has 1 heterocycles. The first-order chi connectivity index (χ1) is 37.2. The molecule has 11 nitrogen and oxygen atoms in total. The number of nitrogens with one attached hydrogen (secondary N) is 1. The molecule has 1 aliphatic rings. The van der Waals surface area contributed by atoms with Crippen LogP contribution in [-0.2, 0) is 23.8 Å². The number of esters is 1. The number of aliphatic hydroxyl groups excluding tert-OH is 5. The van der Waals surface area contributed by atoms with Gasteiger partial charge in [-0.2, -0.15) is 0 Å². The van der Waals surface area contributed by atoms with E-state index in [9.17, 15) is 35.1 Å². The average Bonchev–Trinajstić information content (AvgIpc) is 3.42. The second-order valence-electron chi connectivity index (χ2n) is 20.4. The van der Waals surface area contributed by atoms with Crippen molar-refractivity contribution in [3.63, 3.8) is 0 Å². The number of ether oxygens (including phenoxy) is 3. The maximum Gasteiger partial charge on any atom is 0.306 e. The van der Waals surface area contributed by atoms with Crippen LogP contribution in [0.25, 0.3) is 0 Å². The molecule has 0 radical (unpaired) electrons. The second-order valence-corrected chi connectivity index (χ2v) is 20.4. The standard InChI is InChI=1S/C65H109NO10/c1-4-7-10-13-16-19-22-25-27-28-29-30-31-33-34-37-40-43-46-49-52-58(69)64(73)66-56(57(68)51-48-45-42-39-36-24-21-18-15-12-9-6-3)55-74-65-63(62(72)61(71)59(54-67)75-65)76-60(70)53-50-47-44-41-38-35-32-26-23-20-17-14-11-8-5-2/h8,11,14,16-17,19-20,23,25-27,29-30,32-34,48,51,56-59,61-63,65,67-69,71-72H,4-7,9-10,12-13,15,18,21-22,24,28,31,35-47,49-50,52-55H2,1-3H3,(H,66,73)/b11-8+,17-14+,19-16-,23-20+,27-25-,30-29-,32-26-,34-33-,51-48+. The summed E-state index contributed by atoms with van der Waals surface area (Å²) in [5.74, 6) is -1.25. The highest BCUT2D eigenvalue weighted by Gasteiger charge is 2.47. The van der Waals surface area contributed by atoms with Gasteiger partial charge in [0.2, 0.25) is 5.91 Å². The van der Waals surface area contributed by atoms with Gasteiger partial charge in [-0.05, 0) is 89.9 Å². The summed E-state index contributed by atoms with van der Waals surface area (Å²) in [6, 6.07) is -1.05. The third-order valence-electron chi connectivity index (χ3n) is 13.5. The van der Waals surface area contributed by atoms with Crippen molar-refractivity contribution in [1.82, 2.24) is 5.32 Å². The van der Waals surface area contributed by atoms with Crippen molar-refractivity contribution >= 4 is 11.9 Å². The summed E-state index contributed by atoms with van der Waals surface area (Å²) in [5.41, 5.74) is 0. The maximum atomic E-state index is 13.4. The van der Waals surface area contributed by atoms with E-state index in [0.29, 0.717) is 12.8 Å². The van der Waals surface area contributed by atoms with Gasteiger partial charge in [0.1, 0.15) is 24.4 Å². The van der Waals surface area contributed by atoms with Crippen LogP contribution >= 0.6 is 0 Å². The molecule has 1 fully saturated rings. The third kappa shape index (κ3) is 39.6. The summed E-state index contributed by atoms with van der Waals surface area (Å²) < 4.78 is 17.6. The van der Waals surface area contributed by atoms with Crippen LogP contribution in [0.5, 0.6) is 0 Å². The van der Waals surface area contributed by atoms with Gasteiger partial charge < -0.3 is 45.1 Å². The Kier molecular flexibility index (Phi) is 48.2. The molecule has 434 valence electrons. The lowest BCUT2D eigenvalue weighted by molar-refractivity contribution is -0.305. The number of hydrogen-bond acceptors (Lipinski definition) is 10. The van der Waals surface area contributed by atoms with Crippen molar-refractivity contribution < 1.29 is 49.3 Å². The minimum atomic E-state index is -1.63. The van der Waals surface area contributed by atoms with E-state index in [1.165, 1.54) is 70.6 Å². The van der Waals surface area contributed by atoms with Crippen LogP contribution in [0.15, 0.2) is 109 Å². The highest BCUT2D eigenvalue weighted by molar-refractivity contribution is 5.80. The van der Waals surface area contributed by atoms with E-state index in [0.717, 1.165) is 109 Å². The predicted molar refractivity (Wildman–Crippen MR) is 315 cm³/mol. The topological polar surface area (TPSA) is 175 Å². The van der Waals surface area contributed by atoms with Crippen molar-refractivity contribution in [2.45, 2.75) is 275 Å². The zero-order valence-electron chi connectivity index (χ0n) is 47.8. The van der Waals surface area contributed by atoms with Gasteiger partial charge in [0.25, 0.3) is 0 Å². The van der Waals surface area contributed by atoms with Crippen LogP contribution in [0.4, 0.5) is 0 Å². The zero-order valence-corrected chi connectivity index (χ0v) is 47.8. The molecule has 1 amide bonds. The minimum Gasteiger partial charge on any atom is -0.454 e. The molecule has 6 N–H and O–H groups in total. The molecule has 8 unspecified atom stereocenters. The summed E-state index contributed by atoms with van der Waals surface area (Å²) in [6.45, 7) is 5.58. The number of rotatable bonds is 49. The lowest BCUT2D eigenvalue weighted by Crippen LogP contribution is -2.61. The fourth-order valence-electron chi connectivity index (χ4n) is 8.70. The zero-order chi connectivity index (χ0) is 55.4. The van der Waals surface area contributed by atoms with Crippen LogP contribution < -0.4 is 5.32 Å². The normalized spacial score (nSPS) is 19.9. The maximum absolute atomic E-state index is 13.4. The molecular weight excluding hydrogens is 955 g/mol. The Bertz CT molecular complexity index is 1650. The smallest absolute Gasteiger partial charge is 0.306 e. The van der Waals surface area contributed by atoms with Crippen molar-refractivity contribution in [3.8, 4) is 0 Å². The Hall–Kier alpha value is -3.68. The molecule has 1 rings (SSSR count). The highest BCUT2D eigenvalue weighted by atomic mass is 16.7. The van der Waals surface area contributed by atoms with Crippen molar-refractivity contribution in [2.24, 2.45) is 0 Å². The molecule has 0 bridgehead atoms. The molecular formula is C65H109NO10. The highest BCUT2D eigenvalue weighted by Crippen LogP contribution is 2.26. The lowest BCUT2D eigenvalue weighted by Gasteiger charge is -2.41. The molecule has 0 aromatic heterocycles. The molecule has 1 saturated heterocycles. The number of unbranched alkanes of at least 4 members (excludes halogenated alkanes) is 22. The van der Waals surface area contributed by atoms with E-state index >= 15 is 0 Å². The van der Waals surface area contributed by atoms with E-state index in [-0.39, 0.29) is 19.4 Å². The van der Waals surface area contributed by atoms with Gasteiger partial charge in [0.15, 0.2) is 12.4 Å². The first-order valence-electron chi connectivity index (χ1n) is 30.2. The molecule has 0 aromatic rings. The van der Waals surface area contributed by atoms with Gasteiger partial charge >= 0.3 is 5.97 Å². The number of carbonyl (C=O) groups excluding carboxylic acids is 2. The first kappa shape index (κ1) is 70.3. The molecule has 0 spiro atoms. The fraction of sp³-hybridized carbons (Fsp3) is 0.692. The predicted octanol–water partition coefficient (Wildman–Crippen LogP) is 14.1.